The van der Waals surface area contributed by atoms with Crippen molar-refractivity contribution in [1.29, 1.82) is 0 Å². The quantitative estimate of drug-likeness (QED) is 0.874. The maximum atomic E-state index is 5.65. The van der Waals surface area contributed by atoms with Crippen molar-refractivity contribution in [2.24, 2.45) is 5.73 Å². The highest BCUT2D eigenvalue weighted by molar-refractivity contribution is 7.80. The van der Waals surface area contributed by atoms with Gasteiger partial charge in [0.05, 0.1) is 0 Å². The van der Waals surface area contributed by atoms with Crippen LogP contribution in [0, 0.1) is 6.92 Å². The second-order valence-electron chi connectivity index (χ2n) is 4.87. The minimum atomic E-state index is 0.232. The Bertz CT molecular complexity index is 624. The van der Waals surface area contributed by atoms with Gasteiger partial charge in [0.15, 0.2) is 0 Å². The molecule has 0 aliphatic carbocycles. The van der Waals surface area contributed by atoms with E-state index in [1.54, 1.807) is 6.07 Å². The van der Waals surface area contributed by atoms with Crippen molar-refractivity contribution < 1.29 is 4.74 Å². The molecular formula is C15H17N3OS. The van der Waals surface area contributed by atoms with Gasteiger partial charge in [0, 0.05) is 5.69 Å². The van der Waals surface area contributed by atoms with Crippen LogP contribution in [0.1, 0.15) is 36.7 Å². The number of nitrogens with two attached hydrogens (primary N) is 1. The third kappa shape index (κ3) is 3.51. The summed E-state index contributed by atoms with van der Waals surface area (Å²) in [6.07, 6.45) is 0. The lowest BCUT2D eigenvalue weighted by Gasteiger charge is -2.08. The summed E-state index contributed by atoms with van der Waals surface area (Å²) in [5.74, 6) is 1.18. The molecule has 0 saturated carbocycles. The molecule has 20 heavy (non-hydrogen) atoms. The van der Waals surface area contributed by atoms with Gasteiger partial charge in [-0.25, -0.2) is 4.98 Å². The monoisotopic (exact) mass is 287 g/mol. The zero-order chi connectivity index (χ0) is 14.7. The van der Waals surface area contributed by atoms with Crippen LogP contribution in [0.15, 0.2) is 30.3 Å². The Morgan fingerprint density at radius 2 is 1.85 bits per heavy atom. The normalized spacial score (nSPS) is 10.6. The summed E-state index contributed by atoms with van der Waals surface area (Å²) >= 11 is 4.92. The van der Waals surface area contributed by atoms with E-state index in [0.717, 1.165) is 5.69 Å². The van der Waals surface area contributed by atoms with Crippen molar-refractivity contribution in [3.8, 4) is 11.8 Å². The number of nitrogens with zero attached hydrogens (tertiary/aromatic N) is 2. The Morgan fingerprint density at radius 1 is 1.20 bits per heavy atom. The Morgan fingerprint density at radius 3 is 2.40 bits per heavy atom. The fourth-order valence-electron chi connectivity index (χ4n) is 1.74. The number of aryl methyl sites for hydroxylation is 1. The largest absolute Gasteiger partial charge is 0.424 e. The van der Waals surface area contributed by atoms with Crippen molar-refractivity contribution >= 4 is 17.2 Å². The summed E-state index contributed by atoms with van der Waals surface area (Å²) < 4.78 is 5.65. The smallest absolute Gasteiger partial charge is 0.322 e. The summed E-state index contributed by atoms with van der Waals surface area (Å²) in [6, 6.07) is 9.86. The first kappa shape index (κ1) is 14.4. The first-order chi connectivity index (χ1) is 9.45. The molecule has 0 unspecified atom stereocenters. The first-order valence-electron chi connectivity index (χ1n) is 6.39. The molecule has 5 heteroatoms. The second kappa shape index (κ2) is 5.96. The number of ether oxygens (including phenoxy) is 1. The number of rotatable bonds is 4. The van der Waals surface area contributed by atoms with E-state index in [2.05, 4.69) is 23.8 Å². The minimum absolute atomic E-state index is 0.232. The van der Waals surface area contributed by atoms with Gasteiger partial charge in [0.1, 0.15) is 16.4 Å². The van der Waals surface area contributed by atoms with Crippen LogP contribution < -0.4 is 10.5 Å². The van der Waals surface area contributed by atoms with Gasteiger partial charge in [-0.3, -0.25) is 0 Å². The van der Waals surface area contributed by atoms with Gasteiger partial charge in [0.25, 0.3) is 0 Å². The molecular weight excluding hydrogens is 270 g/mol. The number of thiocarbonyl (C=S) groups is 1. The summed E-state index contributed by atoms with van der Waals surface area (Å²) in [6.45, 7) is 6.14. The third-order valence-electron chi connectivity index (χ3n) is 2.84. The minimum Gasteiger partial charge on any atom is -0.424 e. The third-order valence-corrected chi connectivity index (χ3v) is 3.05. The van der Waals surface area contributed by atoms with E-state index in [9.17, 15) is 0 Å². The van der Waals surface area contributed by atoms with Crippen molar-refractivity contribution in [1.82, 2.24) is 9.97 Å². The molecule has 1 aromatic heterocycles. The van der Waals surface area contributed by atoms with Gasteiger partial charge in [-0.1, -0.05) is 38.2 Å². The lowest BCUT2D eigenvalue weighted by atomic mass is 10.0. The number of hydrogen-bond donors (Lipinski definition) is 1. The van der Waals surface area contributed by atoms with E-state index in [4.69, 9.17) is 22.7 Å². The van der Waals surface area contributed by atoms with Crippen molar-refractivity contribution in [2.75, 3.05) is 0 Å². The summed E-state index contributed by atoms with van der Waals surface area (Å²) in [7, 11) is 0. The molecule has 0 spiro atoms. The lowest BCUT2D eigenvalue weighted by Crippen LogP contribution is -2.13. The van der Waals surface area contributed by atoms with Crippen LogP contribution in [0.5, 0.6) is 11.8 Å². The van der Waals surface area contributed by atoms with Gasteiger partial charge >= 0.3 is 6.01 Å². The number of hydrogen-bond acceptors (Lipinski definition) is 4. The van der Waals surface area contributed by atoms with E-state index in [-0.39, 0.29) is 11.0 Å². The molecule has 2 rings (SSSR count). The zero-order valence-corrected chi connectivity index (χ0v) is 12.6. The molecule has 0 radical (unpaired) electrons. The van der Waals surface area contributed by atoms with E-state index in [1.165, 1.54) is 5.56 Å². The Kier molecular flexibility index (Phi) is 4.29. The molecule has 0 bridgehead atoms. The lowest BCUT2D eigenvalue weighted by molar-refractivity contribution is 0.439. The Labute approximate surface area is 124 Å². The van der Waals surface area contributed by atoms with Crippen LogP contribution in [0.2, 0.25) is 0 Å². The average molecular weight is 287 g/mol. The average Bonchev–Trinajstić information content (AvgIpc) is 2.38. The molecule has 0 saturated heterocycles. The fourth-order valence-corrected chi connectivity index (χ4v) is 1.84. The first-order valence-corrected chi connectivity index (χ1v) is 6.80. The number of aromatic nitrogens is 2. The summed E-state index contributed by atoms with van der Waals surface area (Å²) in [5.41, 5.74) is 8.12. The molecule has 104 valence electrons. The van der Waals surface area contributed by atoms with Gasteiger partial charge in [-0.15, -0.1) is 0 Å². The van der Waals surface area contributed by atoms with Gasteiger partial charge in [0.2, 0.25) is 0 Å². The zero-order valence-electron chi connectivity index (χ0n) is 11.8. The Balaban J connectivity index is 2.23. The van der Waals surface area contributed by atoms with E-state index >= 15 is 0 Å². The van der Waals surface area contributed by atoms with Crippen LogP contribution in [0.3, 0.4) is 0 Å². The van der Waals surface area contributed by atoms with Crippen LogP contribution in [0.25, 0.3) is 0 Å². The Hall–Kier alpha value is -2.01. The molecule has 2 N–H and O–H groups in total. The highest BCUT2D eigenvalue weighted by Gasteiger charge is 2.07. The summed E-state index contributed by atoms with van der Waals surface area (Å²) in [4.78, 5) is 8.64. The summed E-state index contributed by atoms with van der Waals surface area (Å²) in [5, 5.41) is 0. The fraction of sp³-hybridized carbons (Fsp3) is 0.267. The SMILES string of the molecule is Cc1cc(C(N)=S)nc(Oc2ccc(C(C)C)cc2)n1. The molecule has 0 amide bonds. The second-order valence-corrected chi connectivity index (χ2v) is 5.31. The molecule has 0 fully saturated rings. The molecule has 0 atom stereocenters. The predicted octanol–water partition coefficient (Wildman–Crippen LogP) is 3.33. The van der Waals surface area contributed by atoms with Crippen molar-refractivity contribution in [3.05, 3.63) is 47.3 Å². The van der Waals surface area contributed by atoms with Gasteiger partial charge < -0.3 is 10.5 Å². The highest BCUT2D eigenvalue weighted by atomic mass is 32.1. The molecule has 1 aromatic carbocycles. The topological polar surface area (TPSA) is 61.0 Å². The van der Waals surface area contributed by atoms with Gasteiger partial charge in [-0.05, 0) is 36.6 Å². The van der Waals surface area contributed by atoms with Crippen LogP contribution in [-0.2, 0) is 0 Å². The molecule has 0 aliphatic heterocycles. The standard InChI is InChI=1S/C15H17N3OS/c1-9(2)11-4-6-12(7-5-11)19-15-17-10(3)8-13(18-15)14(16)20/h4-9H,1-3H3,(H2,16,20). The van der Waals surface area contributed by atoms with Crippen molar-refractivity contribution in [3.63, 3.8) is 0 Å². The van der Waals surface area contributed by atoms with Crippen molar-refractivity contribution in [2.45, 2.75) is 26.7 Å². The van der Waals surface area contributed by atoms with E-state index < -0.39 is 0 Å². The molecule has 1 heterocycles. The van der Waals surface area contributed by atoms with E-state index in [1.807, 2.05) is 31.2 Å². The predicted molar refractivity (Wildman–Crippen MR) is 83.3 cm³/mol. The maximum Gasteiger partial charge on any atom is 0.322 e. The van der Waals surface area contributed by atoms with Crippen LogP contribution in [0.4, 0.5) is 0 Å². The molecule has 0 aliphatic rings. The molecule has 2 aromatic rings. The molecule has 4 nitrogen and oxygen atoms in total. The highest BCUT2D eigenvalue weighted by Crippen LogP contribution is 2.22. The number of benzene rings is 1. The van der Waals surface area contributed by atoms with Crippen LogP contribution >= 0.6 is 12.2 Å². The van der Waals surface area contributed by atoms with Gasteiger partial charge in [-0.2, -0.15) is 4.98 Å². The van der Waals surface area contributed by atoms with Crippen LogP contribution in [-0.4, -0.2) is 15.0 Å². The van der Waals surface area contributed by atoms with E-state index in [0.29, 0.717) is 17.4 Å². The maximum absolute atomic E-state index is 5.65.